The Morgan fingerprint density at radius 1 is 1.16 bits per heavy atom. The maximum atomic E-state index is 11.9. The Balaban J connectivity index is 0. The standard InChI is InChI=1S/C18H22N2O3.C5H10O2.CH3.Ni/c1-6-23-18(22)16-9-13(4)20(14(16)5)19-10-15-8-11(2)7-12(3)17(15)21;1-4(2)5(6)7-3;;/h7-10,21H,6H2,1-5H3;4H,1-3H3;1H3;/q;;-1;. The molecule has 2 rings (SSSR count). The van der Waals surface area contributed by atoms with Crippen LogP contribution in [-0.4, -0.2) is 41.7 Å². The number of aryl methyl sites for hydroxylation is 3. The van der Waals surface area contributed by atoms with E-state index in [9.17, 15) is 14.7 Å². The number of benzene rings is 1. The van der Waals surface area contributed by atoms with Crippen molar-refractivity contribution in [1.82, 2.24) is 4.68 Å². The molecule has 182 valence electrons. The first-order valence-electron chi connectivity index (χ1n) is 9.81. The van der Waals surface area contributed by atoms with Crippen LogP contribution in [0.3, 0.4) is 0 Å². The van der Waals surface area contributed by atoms with Gasteiger partial charge in [-0.05, 0) is 57.9 Å². The molecule has 1 heterocycles. The van der Waals surface area contributed by atoms with Crippen LogP contribution < -0.4 is 0 Å². The van der Waals surface area contributed by atoms with Gasteiger partial charge in [-0.25, -0.2) is 9.47 Å². The third-order valence-corrected chi connectivity index (χ3v) is 4.35. The Morgan fingerprint density at radius 2 is 1.75 bits per heavy atom. The van der Waals surface area contributed by atoms with E-state index in [0.29, 0.717) is 23.4 Å². The fraction of sp³-hybridized carbons (Fsp3) is 0.417. The molecule has 0 saturated heterocycles. The maximum Gasteiger partial charge on any atom is 0.340 e. The van der Waals surface area contributed by atoms with E-state index < -0.39 is 0 Å². The monoisotopic (exact) mass is 489 g/mol. The van der Waals surface area contributed by atoms with Crippen molar-refractivity contribution in [2.24, 2.45) is 11.0 Å². The number of methoxy groups -OCH3 is 1. The number of aromatic nitrogens is 1. The first-order valence-corrected chi connectivity index (χ1v) is 9.81. The number of hydrogen-bond acceptors (Lipinski definition) is 6. The molecule has 0 radical (unpaired) electrons. The summed E-state index contributed by atoms with van der Waals surface area (Å²) in [6.45, 7) is 13.2. The molecule has 0 amide bonds. The SMILES string of the molecule is CCOC(=O)c1cc(C)n(N=Cc2cc(C)cc(C)c2O)c1C.COC(=O)C(C)C.[CH3-].[Ni]. The Labute approximate surface area is 201 Å². The van der Waals surface area contributed by atoms with Gasteiger partial charge in [-0.2, -0.15) is 5.10 Å². The number of phenolic OH excluding ortho intramolecular Hbond substituents is 1. The van der Waals surface area contributed by atoms with Gasteiger partial charge in [0.25, 0.3) is 0 Å². The van der Waals surface area contributed by atoms with Crippen LogP contribution >= 0.6 is 0 Å². The van der Waals surface area contributed by atoms with Crippen molar-refractivity contribution >= 4 is 18.2 Å². The van der Waals surface area contributed by atoms with Crippen molar-refractivity contribution in [3.05, 3.63) is 59.3 Å². The average Bonchev–Trinajstić information content (AvgIpc) is 2.97. The van der Waals surface area contributed by atoms with Crippen LogP contribution in [0.1, 0.15) is 59.2 Å². The van der Waals surface area contributed by atoms with Crippen LogP contribution in [0, 0.1) is 41.0 Å². The third-order valence-electron chi connectivity index (χ3n) is 4.35. The van der Waals surface area contributed by atoms with E-state index in [2.05, 4.69) is 9.84 Å². The van der Waals surface area contributed by atoms with Gasteiger partial charge < -0.3 is 22.0 Å². The molecule has 1 aromatic carbocycles. The summed E-state index contributed by atoms with van der Waals surface area (Å²) in [7, 11) is 1.39. The number of rotatable bonds is 5. The molecule has 0 spiro atoms. The molecular weight excluding hydrogens is 455 g/mol. The summed E-state index contributed by atoms with van der Waals surface area (Å²) in [6, 6.07) is 5.54. The van der Waals surface area contributed by atoms with Gasteiger partial charge in [0, 0.05) is 27.7 Å². The van der Waals surface area contributed by atoms with Gasteiger partial charge in [0.2, 0.25) is 0 Å². The van der Waals surface area contributed by atoms with Crippen molar-refractivity contribution in [2.75, 3.05) is 13.7 Å². The number of carbonyl (C=O) groups excluding carboxylic acids is 2. The summed E-state index contributed by atoms with van der Waals surface area (Å²) in [6.07, 6.45) is 1.60. The van der Waals surface area contributed by atoms with E-state index in [1.54, 1.807) is 37.7 Å². The quantitative estimate of drug-likeness (QED) is 0.283. The molecule has 8 heteroatoms. The van der Waals surface area contributed by atoms with Gasteiger partial charge in [-0.3, -0.25) is 4.79 Å². The van der Waals surface area contributed by atoms with Crippen molar-refractivity contribution in [2.45, 2.75) is 48.5 Å². The Bertz CT molecular complexity index is 933. The molecule has 1 N–H and O–H groups in total. The number of nitrogens with zero attached hydrogens (tertiary/aromatic N) is 2. The minimum absolute atomic E-state index is 0. The number of phenols is 1. The molecule has 0 saturated carbocycles. The van der Waals surface area contributed by atoms with E-state index >= 15 is 0 Å². The van der Waals surface area contributed by atoms with Crippen LogP contribution in [0.5, 0.6) is 5.75 Å². The Morgan fingerprint density at radius 3 is 2.22 bits per heavy atom. The molecule has 0 atom stereocenters. The molecule has 1 aromatic heterocycles. The van der Waals surface area contributed by atoms with Gasteiger partial charge in [-0.15, -0.1) is 0 Å². The molecule has 7 nitrogen and oxygen atoms in total. The van der Waals surface area contributed by atoms with E-state index in [-0.39, 0.29) is 47.5 Å². The molecule has 0 bridgehead atoms. The van der Waals surface area contributed by atoms with Crippen LogP contribution in [-0.2, 0) is 30.8 Å². The minimum atomic E-state index is -0.351. The van der Waals surface area contributed by atoms with Crippen LogP contribution in [0.15, 0.2) is 23.3 Å². The fourth-order valence-corrected chi connectivity index (χ4v) is 2.79. The van der Waals surface area contributed by atoms with Gasteiger partial charge in [0.05, 0.1) is 37.1 Å². The summed E-state index contributed by atoms with van der Waals surface area (Å²) in [5.74, 6) is -0.284. The first kappa shape index (κ1) is 31.6. The number of esters is 2. The van der Waals surface area contributed by atoms with E-state index in [1.807, 2.05) is 39.8 Å². The van der Waals surface area contributed by atoms with Crippen LogP contribution in [0.4, 0.5) is 0 Å². The third kappa shape index (κ3) is 8.50. The fourth-order valence-electron chi connectivity index (χ4n) is 2.79. The summed E-state index contributed by atoms with van der Waals surface area (Å²) in [5, 5.41) is 14.5. The number of hydrogen-bond donors (Lipinski definition) is 1. The summed E-state index contributed by atoms with van der Waals surface area (Å²) in [5.41, 5.74) is 4.54. The molecule has 0 fully saturated rings. The molecule has 2 aromatic rings. The van der Waals surface area contributed by atoms with Gasteiger partial charge in [0.15, 0.2) is 0 Å². The van der Waals surface area contributed by atoms with E-state index in [1.165, 1.54) is 7.11 Å². The van der Waals surface area contributed by atoms with Crippen molar-refractivity contribution in [3.63, 3.8) is 0 Å². The number of carbonyl (C=O) groups is 2. The zero-order chi connectivity index (χ0) is 23.0. The topological polar surface area (TPSA) is 90.1 Å². The second-order valence-electron chi connectivity index (χ2n) is 7.26. The zero-order valence-electron chi connectivity index (χ0n) is 20.4. The van der Waals surface area contributed by atoms with Gasteiger partial charge in [-0.1, -0.05) is 19.9 Å². The molecule has 0 aliphatic rings. The Hall–Kier alpha value is -2.60. The summed E-state index contributed by atoms with van der Waals surface area (Å²) in [4.78, 5) is 22.2. The van der Waals surface area contributed by atoms with Gasteiger partial charge in [0.1, 0.15) is 5.75 Å². The number of aromatic hydroxyl groups is 1. The minimum Gasteiger partial charge on any atom is -0.507 e. The zero-order valence-corrected chi connectivity index (χ0v) is 21.4. The predicted octanol–water partition coefficient (Wildman–Crippen LogP) is 4.75. The molecule has 0 aliphatic heterocycles. The summed E-state index contributed by atoms with van der Waals surface area (Å²) < 4.78 is 11.1. The van der Waals surface area contributed by atoms with E-state index in [4.69, 9.17) is 4.74 Å². The molecule has 0 aliphatic carbocycles. The van der Waals surface area contributed by atoms with Crippen LogP contribution in [0.25, 0.3) is 0 Å². The molecule has 0 unspecified atom stereocenters. The first-order chi connectivity index (χ1) is 14.0. The normalized spacial score (nSPS) is 10.0. The summed E-state index contributed by atoms with van der Waals surface area (Å²) >= 11 is 0. The molecular formula is C24H35N2NiO5-. The van der Waals surface area contributed by atoms with Crippen molar-refractivity contribution in [1.29, 1.82) is 0 Å². The van der Waals surface area contributed by atoms with Gasteiger partial charge >= 0.3 is 11.9 Å². The Kier molecular flexibility index (Phi) is 14.3. The van der Waals surface area contributed by atoms with Crippen LogP contribution in [0.2, 0.25) is 0 Å². The number of ether oxygens (including phenoxy) is 2. The maximum absolute atomic E-state index is 11.9. The van der Waals surface area contributed by atoms with Crippen molar-refractivity contribution < 1.29 is 40.7 Å². The second kappa shape index (κ2) is 14.5. The van der Waals surface area contributed by atoms with E-state index in [0.717, 1.165) is 16.8 Å². The van der Waals surface area contributed by atoms with Crippen molar-refractivity contribution in [3.8, 4) is 5.75 Å². The largest absolute Gasteiger partial charge is 0.507 e. The predicted molar refractivity (Wildman–Crippen MR) is 124 cm³/mol. The average molecular weight is 490 g/mol. The second-order valence-corrected chi connectivity index (χ2v) is 7.26. The smallest absolute Gasteiger partial charge is 0.340 e. The molecule has 32 heavy (non-hydrogen) atoms.